The third-order valence-electron chi connectivity index (χ3n) is 4.20. The molecular formula is C16H26N2O2S. The van der Waals surface area contributed by atoms with E-state index in [4.69, 9.17) is 0 Å². The van der Waals surface area contributed by atoms with Crippen molar-refractivity contribution in [1.82, 2.24) is 10.0 Å². The van der Waals surface area contributed by atoms with E-state index in [1.165, 1.54) is 12.0 Å². The first-order chi connectivity index (χ1) is 10.0. The first-order valence-corrected chi connectivity index (χ1v) is 9.33. The van der Waals surface area contributed by atoms with Gasteiger partial charge in [0.2, 0.25) is 10.0 Å². The van der Waals surface area contributed by atoms with Crippen LogP contribution in [-0.4, -0.2) is 27.5 Å². The van der Waals surface area contributed by atoms with Gasteiger partial charge >= 0.3 is 0 Å². The van der Waals surface area contributed by atoms with Crippen LogP contribution in [0.25, 0.3) is 0 Å². The maximum Gasteiger partial charge on any atom is 0.240 e. The molecule has 1 aliphatic rings. The Balaban J connectivity index is 1.97. The van der Waals surface area contributed by atoms with Crippen LogP contribution in [0, 0.1) is 5.92 Å². The molecule has 0 bridgehead atoms. The van der Waals surface area contributed by atoms with Crippen molar-refractivity contribution in [2.75, 3.05) is 13.1 Å². The molecule has 0 radical (unpaired) electrons. The predicted octanol–water partition coefficient (Wildman–Crippen LogP) is 2.31. The zero-order valence-corrected chi connectivity index (χ0v) is 13.7. The van der Waals surface area contributed by atoms with Crippen molar-refractivity contribution in [3.05, 3.63) is 29.8 Å². The van der Waals surface area contributed by atoms with E-state index in [0.29, 0.717) is 17.4 Å². The minimum Gasteiger partial charge on any atom is -0.312 e. The summed E-state index contributed by atoms with van der Waals surface area (Å²) in [6.45, 7) is 5.72. The van der Waals surface area contributed by atoms with Crippen LogP contribution >= 0.6 is 0 Å². The van der Waals surface area contributed by atoms with E-state index in [-0.39, 0.29) is 6.04 Å². The molecule has 1 aliphatic heterocycles. The molecule has 5 heteroatoms. The Bertz CT molecular complexity index is 540. The summed E-state index contributed by atoms with van der Waals surface area (Å²) in [4.78, 5) is 0.353. The van der Waals surface area contributed by atoms with Crippen molar-refractivity contribution in [1.29, 1.82) is 0 Å². The molecule has 21 heavy (non-hydrogen) atoms. The van der Waals surface area contributed by atoms with E-state index >= 15 is 0 Å². The lowest BCUT2D eigenvalue weighted by molar-refractivity contribution is 0.300. The summed E-state index contributed by atoms with van der Waals surface area (Å²) >= 11 is 0. The van der Waals surface area contributed by atoms with Crippen LogP contribution in [0.3, 0.4) is 0 Å². The van der Waals surface area contributed by atoms with Crippen LogP contribution in [0.15, 0.2) is 29.2 Å². The summed E-state index contributed by atoms with van der Waals surface area (Å²) < 4.78 is 27.4. The second-order valence-corrected chi connectivity index (χ2v) is 7.69. The molecule has 2 unspecified atom stereocenters. The summed E-state index contributed by atoms with van der Waals surface area (Å²) in [6.07, 6.45) is 4.38. The highest BCUT2D eigenvalue weighted by molar-refractivity contribution is 7.89. The first kappa shape index (κ1) is 16.5. The number of benzene rings is 1. The third kappa shape index (κ3) is 4.53. The smallest absolute Gasteiger partial charge is 0.240 e. The van der Waals surface area contributed by atoms with Gasteiger partial charge in [-0.2, -0.15) is 0 Å². The standard InChI is InChI=1S/C16H26N2O2S/c1-3-5-14-7-9-15(10-8-14)21(19,20)18-12-16-13(2)6-4-11-17-16/h7-10,13,16-18H,3-6,11-12H2,1-2H3. The molecule has 118 valence electrons. The van der Waals surface area contributed by atoms with Gasteiger partial charge in [-0.3, -0.25) is 0 Å². The van der Waals surface area contributed by atoms with Gasteiger partial charge in [-0.15, -0.1) is 0 Å². The second-order valence-electron chi connectivity index (χ2n) is 5.93. The van der Waals surface area contributed by atoms with E-state index in [1.807, 2.05) is 12.1 Å². The fraction of sp³-hybridized carbons (Fsp3) is 0.625. The Hall–Kier alpha value is -0.910. The van der Waals surface area contributed by atoms with Crippen LogP contribution in [0.2, 0.25) is 0 Å². The van der Waals surface area contributed by atoms with E-state index < -0.39 is 10.0 Å². The lowest BCUT2D eigenvalue weighted by Crippen LogP contribution is -2.47. The Morgan fingerprint density at radius 3 is 2.62 bits per heavy atom. The van der Waals surface area contributed by atoms with E-state index in [2.05, 4.69) is 23.9 Å². The summed E-state index contributed by atoms with van der Waals surface area (Å²) in [6, 6.07) is 7.43. The molecule has 4 nitrogen and oxygen atoms in total. The van der Waals surface area contributed by atoms with Crippen molar-refractivity contribution in [2.24, 2.45) is 5.92 Å². The summed E-state index contributed by atoms with van der Waals surface area (Å²) in [5.74, 6) is 0.508. The molecule has 0 aliphatic carbocycles. The molecule has 1 saturated heterocycles. The van der Waals surface area contributed by atoms with Crippen molar-refractivity contribution < 1.29 is 8.42 Å². The number of sulfonamides is 1. The van der Waals surface area contributed by atoms with Gasteiger partial charge in [0.05, 0.1) is 4.90 Å². The van der Waals surface area contributed by atoms with E-state index in [9.17, 15) is 8.42 Å². The van der Waals surface area contributed by atoms with Gasteiger partial charge < -0.3 is 5.32 Å². The Morgan fingerprint density at radius 1 is 1.29 bits per heavy atom. The zero-order valence-electron chi connectivity index (χ0n) is 12.9. The zero-order chi connectivity index (χ0) is 15.3. The van der Waals surface area contributed by atoms with Crippen molar-refractivity contribution >= 4 is 10.0 Å². The number of nitrogens with one attached hydrogen (secondary N) is 2. The number of hydrogen-bond acceptors (Lipinski definition) is 3. The number of hydrogen-bond donors (Lipinski definition) is 2. The molecule has 1 aromatic rings. The molecular weight excluding hydrogens is 284 g/mol. The average Bonchev–Trinajstić information content (AvgIpc) is 2.47. The highest BCUT2D eigenvalue weighted by Crippen LogP contribution is 2.16. The lowest BCUT2D eigenvalue weighted by atomic mass is 9.93. The highest BCUT2D eigenvalue weighted by atomic mass is 32.2. The van der Waals surface area contributed by atoms with Crippen LogP contribution < -0.4 is 10.0 Å². The number of rotatable bonds is 6. The van der Waals surface area contributed by atoms with Crippen LogP contribution in [0.1, 0.15) is 38.7 Å². The number of aryl methyl sites for hydroxylation is 1. The summed E-state index contributed by atoms with van der Waals surface area (Å²) in [5.41, 5.74) is 1.18. The highest BCUT2D eigenvalue weighted by Gasteiger charge is 2.23. The quantitative estimate of drug-likeness (QED) is 0.847. The topological polar surface area (TPSA) is 58.2 Å². The molecule has 0 aromatic heterocycles. The Labute approximate surface area is 128 Å². The van der Waals surface area contributed by atoms with Crippen molar-refractivity contribution in [3.8, 4) is 0 Å². The fourth-order valence-corrected chi connectivity index (χ4v) is 3.85. The van der Waals surface area contributed by atoms with E-state index in [1.54, 1.807) is 12.1 Å². The minimum atomic E-state index is -3.40. The van der Waals surface area contributed by atoms with Gasteiger partial charge in [-0.25, -0.2) is 13.1 Å². The largest absolute Gasteiger partial charge is 0.312 e. The molecule has 1 aromatic carbocycles. The SMILES string of the molecule is CCCc1ccc(S(=O)(=O)NCC2NCCCC2C)cc1. The fourth-order valence-electron chi connectivity index (χ4n) is 2.79. The molecule has 1 fully saturated rings. The van der Waals surface area contributed by atoms with Crippen LogP contribution in [0.4, 0.5) is 0 Å². The molecule has 0 spiro atoms. The average molecular weight is 310 g/mol. The van der Waals surface area contributed by atoms with Crippen LogP contribution in [0.5, 0.6) is 0 Å². The molecule has 2 atom stereocenters. The van der Waals surface area contributed by atoms with Gasteiger partial charge in [0, 0.05) is 12.6 Å². The normalized spacial score (nSPS) is 23.1. The lowest BCUT2D eigenvalue weighted by Gasteiger charge is -2.30. The second kappa shape index (κ2) is 7.38. The van der Waals surface area contributed by atoms with Gasteiger partial charge in [-0.1, -0.05) is 32.4 Å². The van der Waals surface area contributed by atoms with Crippen LogP contribution in [-0.2, 0) is 16.4 Å². The van der Waals surface area contributed by atoms with Crippen molar-refractivity contribution in [3.63, 3.8) is 0 Å². The molecule has 2 N–H and O–H groups in total. The van der Waals surface area contributed by atoms with Gasteiger partial charge in [0.15, 0.2) is 0 Å². The Morgan fingerprint density at radius 2 is 2.00 bits per heavy atom. The summed E-state index contributed by atoms with van der Waals surface area (Å²) in [7, 11) is -3.40. The molecule has 0 saturated carbocycles. The molecule has 2 rings (SSSR count). The predicted molar refractivity (Wildman–Crippen MR) is 85.8 cm³/mol. The minimum absolute atomic E-state index is 0.230. The van der Waals surface area contributed by atoms with Gasteiger partial charge in [0.25, 0.3) is 0 Å². The summed E-state index contributed by atoms with van der Waals surface area (Å²) in [5, 5.41) is 3.39. The maximum absolute atomic E-state index is 12.3. The van der Waals surface area contributed by atoms with E-state index in [0.717, 1.165) is 25.8 Å². The molecule has 0 amide bonds. The monoisotopic (exact) mass is 310 g/mol. The van der Waals surface area contributed by atoms with Gasteiger partial charge in [0.1, 0.15) is 0 Å². The number of piperidine rings is 1. The maximum atomic E-state index is 12.3. The van der Waals surface area contributed by atoms with Gasteiger partial charge in [-0.05, 0) is 49.4 Å². The first-order valence-electron chi connectivity index (χ1n) is 7.85. The molecule has 1 heterocycles. The third-order valence-corrected chi connectivity index (χ3v) is 5.63. The van der Waals surface area contributed by atoms with Crippen molar-refractivity contribution in [2.45, 2.75) is 50.5 Å². The Kier molecular flexibility index (Phi) is 5.79.